The Kier molecular flexibility index (Phi) is 6.18. The molecule has 4 rings (SSSR count). The summed E-state index contributed by atoms with van der Waals surface area (Å²) < 4.78 is 42.0. The molecular formula is C25H31FN4O2S. The first-order chi connectivity index (χ1) is 15.5. The Bertz CT molecular complexity index is 1280. The monoisotopic (exact) mass is 470 g/mol. The van der Waals surface area contributed by atoms with Gasteiger partial charge in [0.2, 0.25) is 10.0 Å². The molecule has 0 amide bonds. The molecule has 33 heavy (non-hydrogen) atoms. The summed E-state index contributed by atoms with van der Waals surface area (Å²) >= 11 is 0. The molecule has 1 fully saturated rings. The van der Waals surface area contributed by atoms with Crippen molar-refractivity contribution < 1.29 is 12.8 Å². The van der Waals surface area contributed by atoms with E-state index in [1.807, 2.05) is 18.2 Å². The fraction of sp³-hybridized carbons (Fsp3) is 0.440. The lowest BCUT2D eigenvalue weighted by Gasteiger charge is -2.24. The molecule has 0 spiro atoms. The molecule has 0 unspecified atom stereocenters. The third-order valence-electron chi connectivity index (χ3n) is 5.71. The molecule has 1 aliphatic carbocycles. The quantitative estimate of drug-likeness (QED) is 0.504. The highest BCUT2D eigenvalue weighted by Crippen LogP contribution is 2.34. The molecule has 3 aromatic rings. The first-order valence-corrected chi connectivity index (χ1v) is 12.8. The highest BCUT2D eigenvalue weighted by atomic mass is 32.2. The number of sulfonamides is 1. The normalized spacial score (nSPS) is 14.9. The zero-order chi connectivity index (χ0) is 24.0. The molecule has 0 saturated heterocycles. The zero-order valence-corrected chi connectivity index (χ0v) is 20.6. The fourth-order valence-corrected chi connectivity index (χ4v) is 5.28. The van der Waals surface area contributed by atoms with E-state index in [1.165, 1.54) is 16.7 Å². The van der Waals surface area contributed by atoms with E-state index >= 15 is 0 Å². The molecule has 1 aromatic heterocycles. The lowest BCUT2D eigenvalue weighted by Crippen LogP contribution is -2.37. The van der Waals surface area contributed by atoms with E-state index in [0.717, 1.165) is 40.7 Å². The predicted molar refractivity (Wildman–Crippen MR) is 131 cm³/mol. The van der Waals surface area contributed by atoms with Crippen molar-refractivity contribution in [3.63, 3.8) is 0 Å². The Labute approximate surface area is 195 Å². The number of benzene rings is 2. The van der Waals surface area contributed by atoms with Gasteiger partial charge in [-0.05, 0) is 82.9 Å². The van der Waals surface area contributed by atoms with Crippen molar-refractivity contribution in [2.24, 2.45) is 0 Å². The van der Waals surface area contributed by atoms with Crippen molar-refractivity contribution in [2.45, 2.75) is 70.8 Å². The second-order valence-electron chi connectivity index (χ2n) is 10.0. The first-order valence-electron chi connectivity index (χ1n) is 11.3. The van der Waals surface area contributed by atoms with Crippen molar-refractivity contribution in [3.8, 4) is 11.1 Å². The molecule has 176 valence electrons. The van der Waals surface area contributed by atoms with E-state index in [2.05, 4.69) is 36.1 Å². The van der Waals surface area contributed by atoms with Gasteiger partial charge in [0.1, 0.15) is 18.0 Å². The Balaban J connectivity index is 1.72. The number of fused-ring (bicyclic) bond motifs is 1. The first kappa shape index (κ1) is 23.6. The Morgan fingerprint density at radius 3 is 2.39 bits per heavy atom. The summed E-state index contributed by atoms with van der Waals surface area (Å²) in [7, 11) is -3.48. The lowest BCUT2D eigenvalue weighted by atomic mass is 10.0. The average molecular weight is 471 g/mol. The molecule has 1 aliphatic rings. The summed E-state index contributed by atoms with van der Waals surface area (Å²) in [6.07, 6.45) is 3.18. The van der Waals surface area contributed by atoms with Crippen LogP contribution in [-0.4, -0.2) is 39.5 Å². The summed E-state index contributed by atoms with van der Waals surface area (Å²) in [5.41, 5.74) is 2.72. The van der Waals surface area contributed by atoms with Crippen molar-refractivity contribution in [2.75, 3.05) is 5.32 Å². The van der Waals surface area contributed by atoms with Gasteiger partial charge in [-0.3, -0.25) is 0 Å². The maximum absolute atomic E-state index is 14.8. The van der Waals surface area contributed by atoms with Crippen LogP contribution in [0.25, 0.3) is 22.0 Å². The molecule has 8 heteroatoms. The lowest BCUT2D eigenvalue weighted by molar-refractivity contribution is 0.387. The van der Waals surface area contributed by atoms with Gasteiger partial charge in [-0.1, -0.05) is 12.1 Å². The van der Waals surface area contributed by atoms with Crippen LogP contribution in [0.2, 0.25) is 0 Å². The maximum atomic E-state index is 14.8. The van der Waals surface area contributed by atoms with Crippen molar-refractivity contribution in [3.05, 3.63) is 54.1 Å². The van der Waals surface area contributed by atoms with E-state index < -0.39 is 21.1 Å². The van der Waals surface area contributed by atoms with Crippen LogP contribution in [0.4, 0.5) is 10.2 Å². The molecule has 1 saturated carbocycles. The molecule has 1 heterocycles. The highest BCUT2D eigenvalue weighted by molar-refractivity contribution is 7.89. The second kappa shape index (κ2) is 8.65. The van der Waals surface area contributed by atoms with Crippen LogP contribution in [0.15, 0.2) is 42.7 Å². The molecule has 0 radical (unpaired) electrons. The number of rotatable bonds is 7. The predicted octanol–water partition coefficient (Wildman–Crippen LogP) is 5.35. The van der Waals surface area contributed by atoms with Crippen LogP contribution in [0.1, 0.15) is 53.0 Å². The number of nitrogens with one attached hydrogen (secondary N) is 1. The largest absolute Gasteiger partial charge is 0.365 e. The van der Waals surface area contributed by atoms with Gasteiger partial charge in [0.05, 0.1) is 10.8 Å². The SMILES string of the molecule is CC(C)S(=O)(=O)N(Cc1cc(-c2ccc3ncnc(NC(C)(C)C)c3c2)ccc1F)C1CC1. The van der Waals surface area contributed by atoms with E-state index in [0.29, 0.717) is 5.56 Å². The van der Waals surface area contributed by atoms with Gasteiger partial charge >= 0.3 is 0 Å². The van der Waals surface area contributed by atoms with Crippen molar-refractivity contribution in [1.82, 2.24) is 14.3 Å². The molecule has 1 N–H and O–H groups in total. The second-order valence-corrected chi connectivity index (χ2v) is 12.4. The Morgan fingerprint density at radius 2 is 1.76 bits per heavy atom. The fourth-order valence-electron chi connectivity index (χ4n) is 3.79. The topological polar surface area (TPSA) is 75.2 Å². The maximum Gasteiger partial charge on any atom is 0.216 e. The minimum Gasteiger partial charge on any atom is -0.365 e. The number of halogens is 1. The third-order valence-corrected chi connectivity index (χ3v) is 7.98. The number of aromatic nitrogens is 2. The standard InChI is InChI=1S/C25H31FN4O2S/c1-16(2)33(31,32)30(20-8-9-20)14-19-12-17(6-10-22(19)26)18-7-11-23-21(13-18)24(28-15-27-23)29-25(3,4)5/h6-7,10-13,15-16,20H,8-9,14H2,1-5H3,(H,27,28,29). The number of hydrogen-bond donors (Lipinski definition) is 1. The third kappa shape index (κ3) is 5.17. The zero-order valence-electron chi connectivity index (χ0n) is 19.8. The van der Waals surface area contributed by atoms with Crippen LogP contribution in [0, 0.1) is 5.82 Å². The molecule has 2 aromatic carbocycles. The van der Waals surface area contributed by atoms with Crippen LogP contribution in [0.3, 0.4) is 0 Å². The summed E-state index contributed by atoms with van der Waals surface area (Å²) in [4.78, 5) is 8.78. The van der Waals surface area contributed by atoms with Crippen LogP contribution < -0.4 is 5.32 Å². The minimum atomic E-state index is -3.48. The van der Waals surface area contributed by atoms with Gasteiger partial charge in [-0.25, -0.2) is 22.8 Å². The summed E-state index contributed by atoms with van der Waals surface area (Å²) in [6, 6.07) is 10.7. The van der Waals surface area contributed by atoms with Crippen LogP contribution in [-0.2, 0) is 16.6 Å². The van der Waals surface area contributed by atoms with E-state index in [9.17, 15) is 12.8 Å². The molecule has 0 bridgehead atoms. The van der Waals surface area contributed by atoms with Gasteiger partial charge in [-0.2, -0.15) is 4.31 Å². The van der Waals surface area contributed by atoms with E-state index in [4.69, 9.17) is 0 Å². The van der Waals surface area contributed by atoms with Gasteiger partial charge in [-0.15, -0.1) is 0 Å². The molecule has 0 aliphatic heterocycles. The highest BCUT2D eigenvalue weighted by Gasteiger charge is 2.39. The molecule has 0 atom stereocenters. The van der Waals surface area contributed by atoms with Crippen LogP contribution >= 0.6 is 0 Å². The summed E-state index contributed by atoms with van der Waals surface area (Å²) in [5, 5.41) is 3.74. The van der Waals surface area contributed by atoms with Crippen LogP contribution in [0.5, 0.6) is 0 Å². The number of hydrogen-bond acceptors (Lipinski definition) is 5. The van der Waals surface area contributed by atoms with E-state index in [-0.39, 0.29) is 18.1 Å². The summed E-state index contributed by atoms with van der Waals surface area (Å²) in [5.74, 6) is 0.335. The molecule has 6 nitrogen and oxygen atoms in total. The Morgan fingerprint density at radius 1 is 1.09 bits per heavy atom. The summed E-state index contributed by atoms with van der Waals surface area (Å²) in [6.45, 7) is 9.56. The van der Waals surface area contributed by atoms with Crippen molar-refractivity contribution in [1.29, 1.82) is 0 Å². The number of nitrogens with zero attached hydrogens (tertiary/aromatic N) is 3. The molecular weight excluding hydrogens is 439 g/mol. The van der Waals surface area contributed by atoms with Gasteiger partial charge in [0, 0.05) is 29.1 Å². The Hall–Kier alpha value is -2.58. The average Bonchev–Trinajstić information content (AvgIpc) is 3.57. The number of anilines is 1. The smallest absolute Gasteiger partial charge is 0.216 e. The van der Waals surface area contributed by atoms with Gasteiger partial charge < -0.3 is 5.32 Å². The minimum absolute atomic E-state index is 0.0377. The van der Waals surface area contributed by atoms with Gasteiger partial charge in [0.15, 0.2) is 0 Å². The van der Waals surface area contributed by atoms with E-state index in [1.54, 1.807) is 26.0 Å². The van der Waals surface area contributed by atoms with Crippen molar-refractivity contribution >= 4 is 26.7 Å². The van der Waals surface area contributed by atoms with Gasteiger partial charge in [0.25, 0.3) is 0 Å².